The second-order valence-electron chi connectivity index (χ2n) is 4.31. The van der Waals surface area contributed by atoms with Gasteiger partial charge in [0.2, 0.25) is 6.79 Å². The molecule has 0 saturated carbocycles. The molecule has 5 nitrogen and oxygen atoms in total. The van der Waals surface area contributed by atoms with Crippen molar-refractivity contribution in [3.8, 4) is 11.5 Å². The van der Waals surface area contributed by atoms with E-state index in [1.165, 1.54) is 0 Å². The summed E-state index contributed by atoms with van der Waals surface area (Å²) >= 11 is 0. The van der Waals surface area contributed by atoms with Gasteiger partial charge < -0.3 is 20.1 Å². The number of carbonyl (C=O) groups is 1. The number of carbonyl (C=O) groups excluding carboxylic acids is 1. The van der Waals surface area contributed by atoms with Crippen LogP contribution in [0.15, 0.2) is 36.4 Å². The van der Waals surface area contributed by atoms with Gasteiger partial charge in [0.15, 0.2) is 11.5 Å². The van der Waals surface area contributed by atoms with E-state index in [2.05, 4.69) is 10.6 Å². The predicted octanol–water partition coefficient (Wildman–Crippen LogP) is 3.34. The van der Waals surface area contributed by atoms with Gasteiger partial charge in [-0.15, -0.1) is 0 Å². The van der Waals surface area contributed by atoms with Crippen LogP contribution >= 0.6 is 0 Å². The van der Waals surface area contributed by atoms with Gasteiger partial charge in [-0.1, -0.05) is 0 Å². The van der Waals surface area contributed by atoms with Crippen molar-refractivity contribution < 1.29 is 23.0 Å². The van der Waals surface area contributed by atoms with E-state index in [0.717, 1.165) is 18.2 Å². The number of benzene rings is 2. The molecular weight excluding hydrogens is 282 g/mol. The van der Waals surface area contributed by atoms with E-state index in [1.807, 2.05) is 0 Å². The first-order valence-corrected chi connectivity index (χ1v) is 6.04. The van der Waals surface area contributed by atoms with E-state index in [-0.39, 0.29) is 12.5 Å². The second-order valence-corrected chi connectivity index (χ2v) is 4.31. The monoisotopic (exact) mass is 292 g/mol. The molecule has 0 aromatic heterocycles. The third kappa shape index (κ3) is 3.02. The fourth-order valence-corrected chi connectivity index (χ4v) is 1.89. The average molecular weight is 292 g/mol. The molecule has 0 fully saturated rings. The van der Waals surface area contributed by atoms with Crippen molar-refractivity contribution in [3.63, 3.8) is 0 Å². The van der Waals surface area contributed by atoms with Crippen molar-refractivity contribution in [2.75, 3.05) is 17.4 Å². The highest BCUT2D eigenvalue weighted by molar-refractivity contribution is 5.99. The molecule has 0 aliphatic carbocycles. The molecule has 2 aromatic rings. The first kappa shape index (κ1) is 13.2. The first-order chi connectivity index (χ1) is 10.1. The fraction of sp³-hybridized carbons (Fsp3) is 0.0714. The highest BCUT2D eigenvalue weighted by atomic mass is 19.1. The Morgan fingerprint density at radius 2 is 1.57 bits per heavy atom. The predicted molar refractivity (Wildman–Crippen MR) is 71.6 cm³/mol. The number of urea groups is 1. The Morgan fingerprint density at radius 1 is 0.905 bits per heavy atom. The highest BCUT2D eigenvalue weighted by Crippen LogP contribution is 2.34. The minimum absolute atomic E-state index is 0.0192. The molecule has 21 heavy (non-hydrogen) atoms. The third-order valence-corrected chi connectivity index (χ3v) is 2.75. The van der Waals surface area contributed by atoms with Gasteiger partial charge in [-0.3, -0.25) is 0 Å². The molecule has 1 heterocycles. The average Bonchev–Trinajstić information content (AvgIpc) is 2.84. The normalized spacial score (nSPS) is 12.1. The first-order valence-electron chi connectivity index (χ1n) is 6.04. The lowest BCUT2D eigenvalue weighted by molar-refractivity contribution is 0.174. The summed E-state index contributed by atoms with van der Waals surface area (Å²) in [6.45, 7) is 0.132. The molecule has 2 N–H and O–H groups in total. The van der Waals surface area contributed by atoms with Gasteiger partial charge in [0.1, 0.15) is 11.6 Å². The van der Waals surface area contributed by atoms with Crippen LogP contribution in [0.3, 0.4) is 0 Å². The van der Waals surface area contributed by atoms with Gasteiger partial charge in [-0.05, 0) is 24.3 Å². The minimum Gasteiger partial charge on any atom is -0.454 e. The van der Waals surface area contributed by atoms with Crippen molar-refractivity contribution in [2.24, 2.45) is 0 Å². The Bertz CT molecular complexity index is 686. The maximum absolute atomic E-state index is 13.0. The summed E-state index contributed by atoms with van der Waals surface area (Å²) in [5.41, 5.74) is 0.486. The Kier molecular flexibility index (Phi) is 3.31. The van der Waals surface area contributed by atoms with Gasteiger partial charge >= 0.3 is 6.03 Å². The van der Waals surface area contributed by atoms with Crippen LogP contribution < -0.4 is 20.1 Å². The van der Waals surface area contributed by atoms with Gasteiger partial charge in [-0.2, -0.15) is 0 Å². The zero-order valence-corrected chi connectivity index (χ0v) is 10.7. The smallest absolute Gasteiger partial charge is 0.323 e. The van der Waals surface area contributed by atoms with E-state index in [0.29, 0.717) is 17.2 Å². The lowest BCUT2D eigenvalue weighted by atomic mass is 10.3. The minimum atomic E-state index is -0.770. The van der Waals surface area contributed by atoms with E-state index >= 15 is 0 Å². The van der Waals surface area contributed by atoms with Crippen LogP contribution in [0.1, 0.15) is 0 Å². The summed E-state index contributed by atoms with van der Waals surface area (Å²) in [7, 11) is 0. The van der Waals surface area contributed by atoms with Gasteiger partial charge in [0.25, 0.3) is 0 Å². The van der Waals surface area contributed by atoms with Crippen molar-refractivity contribution in [1.29, 1.82) is 0 Å². The maximum Gasteiger partial charge on any atom is 0.323 e. The zero-order chi connectivity index (χ0) is 14.8. The molecule has 7 heteroatoms. The summed E-state index contributed by atoms with van der Waals surface area (Å²) in [5.74, 6) is -0.431. The fourth-order valence-electron chi connectivity index (χ4n) is 1.89. The molecule has 2 aromatic carbocycles. The van der Waals surface area contributed by atoms with Crippen molar-refractivity contribution in [2.45, 2.75) is 0 Å². The Morgan fingerprint density at radius 3 is 2.33 bits per heavy atom. The van der Waals surface area contributed by atoms with Crippen molar-refractivity contribution in [3.05, 3.63) is 48.0 Å². The molecule has 0 spiro atoms. The molecule has 3 rings (SSSR count). The SMILES string of the molecule is O=C(Nc1cc(F)cc(F)c1)Nc1ccc2c(c1)OCO2. The number of amides is 2. The third-order valence-electron chi connectivity index (χ3n) is 2.75. The molecule has 0 bridgehead atoms. The van der Waals surface area contributed by atoms with E-state index in [9.17, 15) is 13.6 Å². The second kappa shape index (κ2) is 5.28. The summed E-state index contributed by atoms with van der Waals surface area (Å²) in [4.78, 5) is 11.8. The standard InChI is InChI=1S/C14H10F2N2O3/c15-8-3-9(16)5-11(4-8)18-14(19)17-10-1-2-12-13(6-10)21-7-20-12/h1-6H,7H2,(H2,17,18,19). The van der Waals surface area contributed by atoms with Gasteiger partial charge in [0.05, 0.1) is 0 Å². The molecule has 2 amide bonds. The summed E-state index contributed by atoms with van der Waals surface area (Å²) < 4.78 is 36.4. The number of rotatable bonds is 2. The molecule has 0 saturated heterocycles. The van der Waals surface area contributed by atoms with E-state index in [1.54, 1.807) is 18.2 Å². The number of nitrogens with one attached hydrogen (secondary N) is 2. The van der Waals surface area contributed by atoms with Gasteiger partial charge in [0, 0.05) is 23.5 Å². The molecule has 0 radical (unpaired) electrons. The lowest BCUT2D eigenvalue weighted by Gasteiger charge is -2.08. The Hall–Kier alpha value is -2.83. The van der Waals surface area contributed by atoms with E-state index in [4.69, 9.17) is 9.47 Å². The number of ether oxygens (including phenoxy) is 2. The molecular formula is C14H10F2N2O3. The number of halogens is 2. The Balaban J connectivity index is 1.69. The molecule has 1 aliphatic rings. The van der Waals surface area contributed by atoms with Crippen molar-refractivity contribution in [1.82, 2.24) is 0 Å². The summed E-state index contributed by atoms with van der Waals surface area (Å²) in [5, 5.41) is 4.87. The van der Waals surface area contributed by atoms with E-state index < -0.39 is 17.7 Å². The number of fused-ring (bicyclic) bond motifs is 1. The van der Waals surface area contributed by atoms with Crippen LogP contribution in [0.25, 0.3) is 0 Å². The zero-order valence-electron chi connectivity index (χ0n) is 10.7. The maximum atomic E-state index is 13.0. The van der Waals surface area contributed by atoms with Gasteiger partial charge in [-0.25, -0.2) is 13.6 Å². The highest BCUT2D eigenvalue weighted by Gasteiger charge is 2.14. The van der Waals surface area contributed by atoms with Crippen LogP contribution in [0.4, 0.5) is 25.0 Å². The molecule has 108 valence electrons. The lowest BCUT2D eigenvalue weighted by Crippen LogP contribution is -2.19. The molecule has 0 unspecified atom stereocenters. The number of hydrogen-bond acceptors (Lipinski definition) is 3. The van der Waals surface area contributed by atoms with Crippen LogP contribution in [0.5, 0.6) is 11.5 Å². The number of hydrogen-bond donors (Lipinski definition) is 2. The van der Waals surface area contributed by atoms with Crippen LogP contribution in [-0.4, -0.2) is 12.8 Å². The largest absolute Gasteiger partial charge is 0.454 e. The molecule has 0 atom stereocenters. The summed E-state index contributed by atoms with van der Waals surface area (Å²) in [6.07, 6.45) is 0. The van der Waals surface area contributed by atoms with Crippen LogP contribution in [-0.2, 0) is 0 Å². The van der Waals surface area contributed by atoms with Crippen molar-refractivity contribution >= 4 is 17.4 Å². The quantitative estimate of drug-likeness (QED) is 0.892. The van der Waals surface area contributed by atoms with Crippen LogP contribution in [0, 0.1) is 11.6 Å². The topological polar surface area (TPSA) is 59.6 Å². The van der Waals surface area contributed by atoms with Crippen LogP contribution in [0.2, 0.25) is 0 Å². The molecule has 1 aliphatic heterocycles. The Labute approximate surface area is 118 Å². The number of anilines is 2. The summed E-state index contributed by atoms with van der Waals surface area (Å²) in [6, 6.07) is 7.00.